The molecule has 210 valence electrons. The van der Waals surface area contributed by atoms with E-state index >= 15 is 0 Å². The lowest BCUT2D eigenvalue weighted by atomic mass is 9.93. The van der Waals surface area contributed by atoms with Gasteiger partial charge in [0.05, 0.1) is 23.7 Å². The van der Waals surface area contributed by atoms with Crippen molar-refractivity contribution in [3.8, 4) is 0 Å². The smallest absolute Gasteiger partial charge is 0.248 e. The zero-order valence-electron chi connectivity index (χ0n) is 20.4. The fourth-order valence-electron chi connectivity index (χ4n) is 4.14. The van der Waals surface area contributed by atoms with Crippen molar-refractivity contribution in [3.63, 3.8) is 0 Å². The molecule has 0 saturated carbocycles. The van der Waals surface area contributed by atoms with E-state index in [0.29, 0.717) is 0 Å². The van der Waals surface area contributed by atoms with Gasteiger partial charge in [0.1, 0.15) is 0 Å². The maximum absolute atomic E-state index is 10.5. The maximum Gasteiger partial charge on any atom is 0.307 e. The van der Waals surface area contributed by atoms with E-state index in [0.717, 1.165) is 0 Å². The van der Waals surface area contributed by atoms with Gasteiger partial charge in [-0.2, -0.15) is 19.6 Å². The Morgan fingerprint density at radius 3 is 0.900 bits per heavy atom. The second kappa shape index (κ2) is 13.1. The third-order valence-corrected chi connectivity index (χ3v) is 7.90. The van der Waals surface area contributed by atoms with Crippen molar-refractivity contribution >= 4 is 46.9 Å². The van der Waals surface area contributed by atoms with E-state index in [2.05, 4.69) is 0 Å². The minimum absolute atomic E-state index is 0.0589. The van der Waals surface area contributed by atoms with Crippen molar-refractivity contribution in [1.29, 1.82) is 0 Å². The third-order valence-electron chi connectivity index (χ3n) is 6.19. The molecule has 2 N–H and O–H groups in total. The topological polar surface area (TPSA) is 95.8 Å². The predicted octanol–water partition coefficient (Wildman–Crippen LogP) is 8.14. The summed E-state index contributed by atoms with van der Waals surface area (Å²) < 4.78 is 10.4. The van der Waals surface area contributed by atoms with E-state index in [4.69, 9.17) is 75.1 Å². The van der Waals surface area contributed by atoms with E-state index in [1.165, 1.54) is 24.3 Å². The zero-order chi connectivity index (χ0) is 28.7. The van der Waals surface area contributed by atoms with Gasteiger partial charge in [-0.3, -0.25) is 0 Å². The molecule has 12 heteroatoms. The lowest BCUT2D eigenvalue weighted by Gasteiger charge is -2.45. The van der Waals surface area contributed by atoms with E-state index in [9.17, 15) is 10.5 Å². The molecule has 4 rings (SSSR count). The number of hydrogen-bond donors (Lipinski definition) is 2. The first-order valence-corrected chi connectivity index (χ1v) is 13.0. The highest BCUT2D eigenvalue weighted by Gasteiger charge is 2.65. The maximum atomic E-state index is 10.5. The number of benzene rings is 4. The second-order valence-corrected chi connectivity index (χ2v) is 9.76. The van der Waals surface area contributed by atoms with Crippen molar-refractivity contribution in [2.45, 2.75) is 21.7 Å². The van der Waals surface area contributed by atoms with Crippen molar-refractivity contribution in [2.75, 3.05) is 0 Å². The molecule has 40 heavy (non-hydrogen) atoms. The van der Waals surface area contributed by atoms with E-state index in [1.807, 2.05) is 0 Å². The summed E-state index contributed by atoms with van der Waals surface area (Å²) in [5.74, 6) is -5.23. The molecule has 0 heterocycles. The van der Waals surface area contributed by atoms with Crippen LogP contribution in [0.3, 0.4) is 0 Å². The second-order valence-electron chi connectivity index (χ2n) is 8.39. The summed E-state index contributed by atoms with van der Waals surface area (Å²) in [7, 11) is 0. The summed E-state index contributed by atoms with van der Waals surface area (Å²) in [5.41, 5.74) is 0.474. The number of rotatable bonds is 13. The molecule has 4 aromatic carbocycles. The first-order chi connectivity index (χ1) is 19.4. The molecular formula is C28H22Cl4O8. The lowest BCUT2D eigenvalue weighted by molar-refractivity contribution is -0.608. The fourth-order valence-corrected chi connectivity index (χ4v) is 5.12. The normalized spacial score (nSPS) is 17.6. The molecule has 4 atom stereocenters. The molecule has 0 spiro atoms. The average molecular weight is 628 g/mol. The summed E-state index contributed by atoms with van der Waals surface area (Å²) in [5, 5.41) is 16.2. The van der Waals surface area contributed by atoms with Gasteiger partial charge in [0.25, 0.3) is 10.1 Å². The third kappa shape index (κ3) is 5.23. The van der Waals surface area contributed by atoms with Crippen LogP contribution in [0.25, 0.3) is 0 Å². The fraction of sp³-hybridized carbons (Fsp3) is 0.143. The van der Waals surface area contributed by atoms with Crippen molar-refractivity contribution in [3.05, 3.63) is 144 Å². The van der Waals surface area contributed by atoms with Gasteiger partial charge in [0.15, 0.2) is 0 Å². The van der Waals surface area contributed by atoms with Crippen LogP contribution in [0, 0.1) is 0 Å². The Morgan fingerprint density at radius 2 is 0.675 bits per heavy atom. The van der Waals surface area contributed by atoms with Gasteiger partial charge in [0, 0.05) is 22.3 Å². The van der Waals surface area contributed by atoms with E-state index in [1.54, 1.807) is 97.1 Å². The molecule has 8 nitrogen and oxygen atoms in total. The van der Waals surface area contributed by atoms with Crippen LogP contribution in [0.5, 0.6) is 0 Å². The lowest BCUT2D eigenvalue weighted by Crippen LogP contribution is -2.55. The molecule has 0 aliphatic heterocycles. The molecule has 0 aliphatic carbocycles. The molecule has 0 fully saturated rings. The highest BCUT2D eigenvalue weighted by atomic mass is 35.5. The Balaban J connectivity index is 1.95. The van der Waals surface area contributed by atoms with Gasteiger partial charge in [-0.15, -0.1) is 0 Å². The quantitative estimate of drug-likeness (QED) is 0.0663. The Morgan fingerprint density at radius 1 is 0.425 bits per heavy atom. The predicted molar refractivity (Wildman–Crippen MR) is 148 cm³/mol. The molecule has 0 bridgehead atoms. The molecule has 0 radical (unpaired) electrons. The van der Waals surface area contributed by atoms with Crippen LogP contribution in [0.15, 0.2) is 121 Å². The van der Waals surface area contributed by atoms with Gasteiger partial charge in [-0.25, -0.2) is 19.1 Å². The van der Waals surface area contributed by atoms with Gasteiger partial charge >= 0.3 is 11.6 Å². The minimum atomic E-state index is -2.61. The standard InChI is InChI=1S/C28H22Cl4O8/c29-25(35-31,21-13-5-1-6-14-21)27(37-33,23-17-9-3-10-18-23)39-40-28(38-34,24-19-11-4-12-20-24)26(30,36-32)22-15-7-2-8-16-22/h1-20,33-34H. The largest absolute Gasteiger partial charge is 0.307 e. The number of alkyl halides is 2. The van der Waals surface area contributed by atoms with E-state index < -0.39 is 21.7 Å². The van der Waals surface area contributed by atoms with Crippen molar-refractivity contribution < 1.29 is 38.6 Å². The van der Waals surface area contributed by atoms with Crippen molar-refractivity contribution in [1.82, 2.24) is 0 Å². The van der Waals surface area contributed by atoms with Gasteiger partial charge < -0.3 is 0 Å². The van der Waals surface area contributed by atoms with Crippen LogP contribution in [-0.4, -0.2) is 10.5 Å². The summed E-state index contributed by atoms with van der Waals surface area (Å²) in [6.07, 6.45) is 0. The molecule has 0 amide bonds. The molecule has 4 aromatic rings. The SMILES string of the molecule is OOC(OOC(OO)(c1ccccc1)C(Cl)(OCl)c1ccccc1)(c1ccccc1)C(Cl)(OCl)c1ccccc1. The van der Waals surface area contributed by atoms with Gasteiger partial charge in [-0.1, -0.05) is 145 Å². The summed E-state index contributed by atoms with van der Waals surface area (Å²) in [6.45, 7) is 0. The van der Waals surface area contributed by atoms with Crippen LogP contribution in [0.4, 0.5) is 0 Å². The number of hydrogen-bond acceptors (Lipinski definition) is 8. The summed E-state index contributed by atoms with van der Waals surface area (Å²) in [4.78, 5) is 21.5. The zero-order valence-corrected chi connectivity index (χ0v) is 23.4. The van der Waals surface area contributed by atoms with Crippen LogP contribution < -0.4 is 0 Å². The Hall–Kier alpha value is -2.28. The first-order valence-electron chi connectivity index (χ1n) is 11.6. The molecular weight excluding hydrogens is 606 g/mol. The minimum Gasteiger partial charge on any atom is -0.248 e. The Bertz CT molecular complexity index is 1240. The van der Waals surface area contributed by atoms with Gasteiger partial charge in [-0.05, 0) is 0 Å². The molecule has 0 saturated heterocycles. The average Bonchev–Trinajstić information content (AvgIpc) is 3.04. The van der Waals surface area contributed by atoms with Crippen LogP contribution in [-0.2, 0) is 49.8 Å². The summed E-state index contributed by atoms with van der Waals surface area (Å²) in [6, 6.07) is 31.9. The molecule has 0 aromatic heterocycles. The summed E-state index contributed by atoms with van der Waals surface area (Å²) >= 11 is 25.8. The molecule has 4 unspecified atom stereocenters. The van der Waals surface area contributed by atoms with Crippen LogP contribution in [0.1, 0.15) is 22.3 Å². The number of halogens is 4. The van der Waals surface area contributed by atoms with Crippen molar-refractivity contribution in [2.24, 2.45) is 0 Å². The first kappa shape index (κ1) is 30.7. The highest BCUT2D eigenvalue weighted by Crippen LogP contribution is 2.55. The van der Waals surface area contributed by atoms with Crippen LogP contribution >= 0.6 is 46.9 Å². The monoisotopic (exact) mass is 626 g/mol. The Kier molecular flexibility index (Phi) is 10.1. The van der Waals surface area contributed by atoms with E-state index in [-0.39, 0.29) is 22.3 Å². The Labute approximate surface area is 250 Å². The molecule has 0 aliphatic rings. The van der Waals surface area contributed by atoms with Crippen LogP contribution in [0.2, 0.25) is 0 Å². The highest BCUT2D eigenvalue weighted by molar-refractivity contribution is 6.26. The van der Waals surface area contributed by atoms with Gasteiger partial charge in [0.2, 0.25) is 0 Å².